The molecule has 24 nitrogen and oxygen atoms in total. The maximum atomic E-state index is 10.2. The van der Waals surface area contributed by atoms with E-state index in [0.29, 0.717) is 0 Å². The first-order chi connectivity index (χ1) is 21.5. The van der Waals surface area contributed by atoms with Crippen LogP contribution in [0.2, 0.25) is 0 Å². The number of carbonyl (C=O) groups is 6. The van der Waals surface area contributed by atoms with Crippen molar-refractivity contribution in [2.24, 2.45) is 5.73 Å². The molecule has 0 radical (unpaired) electrons. The van der Waals surface area contributed by atoms with E-state index in [0.717, 1.165) is 14.2 Å². The van der Waals surface area contributed by atoms with Crippen LogP contribution >= 0.6 is 0 Å². The summed E-state index contributed by atoms with van der Waals surface area (Å²) in [5, 5.41) is 18.5. The van der Waals surface area contributed by atoms with E-state index in [-0.39, 0.29) is 33.2 Å². The van der Waals surface area contributed by atoms with Crippen molar-refractivity contribution in [3.8, 4) is 0 Å². The largest absolute Gasteiger partial charge is 0.507 e. The zero-order chi connectivity index (χ0) is 39.5. The van der Waals surface area contributed by atoms with Crippen molar-refractivity contribution in [2.75, 3.05) is 99.3 Å². The molecule has 0 aliphatic carbocycles. The van der Waals surface area contributed by atoms with Gasteiger partial charge in [-0.3, -0.25) is 0 Å². The summed E-state index contributed by atoms with van der Waals surface area (Å²) in [5.41, 5.74) is 4.43. The number of amides is 4. The molecule has 24 heteroatoms. The lowest BCUT2D eigenvalue weighted by atomic mass is 10.9. The fourth-order valence-corrected chi connectivity index (χ4v) is 0.553. The molecule has 0 aromatic carbocycles. The predicted molar refractivity (Wildman–Crippen MR) is 164 cm³/mol. The third-order valence-electron chi connectivity index (χ3n) is 2.19. The van der Waals surface area contributed by atoms with Crippen LogP contribution in [0.1, 0.15) is 14.9 Å². The number of rotatable bonds is 0. The van der Waals surface area contributed by atoms with Crippen LogP contribution in [0, 0.1) is 0 Å². The second-order valence-corrected chi connectivity index (χ2v) is 4.85. The summed E-state index contributed by atoms with van der Waals surface area (Å²) in [7, 11) is 18.5. The van der Waals surface area contributed by atoms with Gasteiger partial charge in [0, 0.05) is 42.4 Å². The third kappa shape index (κ3) is 186. The molecule has 0 aliphatic heterocycles. The zero-order valence-electron chi connectivity index (χ0n) is 28.3. The van der Waals surface area contributed by atoms with Crippen molar-refractivity contribution < 1.29 is 96.1 Å². The summed E-state index contributed by atoms with van der Waals surface area (Å²) in [4.78, 5) is 92.6. The maximum absolute atomic E-state index is 10.2. The Morgan fingerprint density at radius 2 is 0.708 bits per heavy atom. The Morgan fingerprint density at radius 3 is 0.708 bits per heavy atom. The first kappa shape index (κ1) is 78.6. The van der Waals surface area contributed by atoms with Gasteiger partial charge < -0.3 is 69.4 Å². The molecule has 0 saturated carbocycles. The monoisotopic (exact) mass is 720 g/mol. The van der Waals surface area contributed by atoms with Crippen LogP contribution in [-0.4, -0.2) is 163 Å². The van der Waals surface area contributed by atoms with Gasteiger partial charge in [0.1, 0.15) is 0 Å². The van der Waals surface area contributed by atoms with E-state index in [1.165, 1.54) is 75.9 Å². The molecular formula is C24H56N4O20. The number of nitrogens with two attached hydrogens (primary N) is 1. The Morgan fingerprint density at radius 1 is 0.521 bits per heavy atom. The number of nitrogens with one attached hydrogen (secondary N) is 2. The second-order valence-electron chi connectivity index (χ2n) is 4.85. The number of hydrogen-bond donors (Lipinski definition) is 5. The zero-order valence-corrected chi connectivity index (χ0v) is 28.3. The number of aliphatic hydroxyl groups excluding tert-OH is 2. The first-order valence-electron chi connectivity index (χ1n) is 10.7. The molecule has 0 aromatic rings. The van der Waals surface area contributed by atoms with Crippen LogP contribution in [0.25, 0.3) is 0 Å². The fourth-order valence-electron chi connectivity index (χ4n) is 0.553. The lowest BCUT2D eigenvalue weighted by Gasteiger charge is -2.05. The molecule has 0 atom stereocenters. The lowest BCUT2D eigenvalue weighted by molar-refractivity contribution is -0.193. The standard InChI is InChI=1S/C4H9NO2.2C3H7NO2.2C3H6O3.C2H5NO2.2CO2.2CH4O.2CH4/c1-5(2)4(6)7-3;2*1-4-3(5)6-2;2*1-5-3(4)6-2;1-5-2(3)4;2*2-1-3;2*1-2;;/h1-3H3;2*1-2H3,(H,4,5);2*1-2H3;1H3,(H2,3,4);;;2*2H,1H3;2*1H4. The van der Waals surface area contributed by atoms with Crippen LogP contribution in [-0.2, 0) is 57.1 Å². The van der Waals surface area contributed by atoms with Gasteiger partial charge in [0.25, 0.3) is 0 Å². The van der Waals surface area contributed by atoms with Crippen LogP contribution in [0.4, 0.5) is 28.8 Å². The molecule has 0 bridgehead atoms. The topological polar surface area (TPSA) is 338 Å². The quantitative estimate of drug-likeness (QED) is 0.163. The van der Waals surface area contributed by atoms with Crippen molar-refractivity contribution in [1.82, 2.24) is 15.5 Å². The van der Waals surface area contributed by atoms with E-state index in [4.69, 9.17) is 29.4 Å². The Hall–Kier alpha value is -5.70. The molecule has 0 aliphatic rings. The Balaban J connectivity index is -0.0000000305. The van der Waals surface area contributed by atoms with Gasteiger partial charge >= 0.3 is 49.0 Å². The molecule has 292 valence electrons. The van der Waals surface area contributed by atoms with E-state index in [1.54, 1.807) is 14.1 Å². The highest BCUT2D eigenvalue weighted by Gasteiger charge is 1.97. The SMILES string of the molecule is C.C.CNC(=O)OC.CNC(=O)OC.CO.CO.COC(=O)N(C)C.COC(=O)OC.COC(=O)OC.COC(N)=O.O=C=O.O=C=O. The Bertz CT molecular complexity index is 641. The lowest BCUT2D eigenvalue weighted by Crippen LogP contribution is -2.20. The van der Waals surface area contributed by atoms with Crippen molar-refractivity contribution in [2.45, 2.75) is 14.9 Å². The van der Waals surface area contributed by atoms with Crippen molar-refractivity contribution >= 4 is 49.0 Å². The minimum absolute atomic E-state index is 0. The van der Waals surface area contributed by atoms with E-state index in [1.807, 2.05) is 0 Å². The van der Waals surface area contributed by atoms with Gasteiger partial charge in [0.15, 0.2) is 0 Å². The average Bonchev–Trinajstić information content (AvgIpc) is 3.09. The van der Waals surface area contributed by atoms with Gasteiger partial charge in [0.05, 0.1) is 56.9 Å². The summed E-state index contributed by atoms with van der Waals surface area (Å²) >= 11 is 0. The fraction of sp³-hybridized carbons (Fsp3) is 0.667. The smallest absolute Gasteiger partial charge is 0.453 e. The van der Waals surface area contributed by atoms with Crippen LogP contribution < -0.4 is 16.4 Å². The molecule has 0 fully saturated rings. The van der Waals surface area contributed by atoms with Crippen LogP contribution in [0.5, 0.6) is 0 Å². The van der Waals surface area contributed by atoms with Gasteiger partial charge in [-0.15, -0.1) is 0 Å². The van der Waals surface area contributed by atoms with Gasteiger partial charge in [-0.25, -0.2) is 28.8 Å². The minimum atomic E-state index is -0.745. The molecule has 0 heterocycles. The van der Waals surface area contributed by atoms with Crippen molar-refractivity contribution in [3.63, 3.8) is 0 Å². The number of ether oxygens (including phenoxy) is 8. The van der Waals surface area contributed by atoms with Crippen molar-refractivity contribution in [3.05, 3.63) is 0 Å². The van der Waals surface area contributed by atoms with Crippen LogP contribution in [0.15, 0.2) is 0 Å². The average molecular weight is 721 g/mol. The number of primary amides is 1. The summed E-state index contributed by atoms with van der Waals surface area (Å²) in [5.74, 6) is 0. The molecule has 0 aromatic heterocycles. The van der Waals surface area contributed by atoms with Gasteiger partial charge in [-0.05, 0) is 0 Å². The molecule has 0 rings (SSSR count). The van der Waals surface area contributed by atoms with E-state index in [9.17, 15) is 28.8 Å². The second kappa shape index (κ2) is 90.0. The molecule has 4 amide bonds. The third-order valence-corrected chi connectivity index (χ3v) is 2.19. The van der Waals surface area contributed by atoms with Gasteiger partial charge in [0.2, 0.25) is 0 Å². The highest BCUT2D eigenvalue weighted by molar-refractivity contribution is 5.67. The van der Waals surface area contributed by atoms with Gasteiger partial charge in [-0.2, -0.15) is 19.2 Å². The molecule has 0 unspecified atom stereocenters. The number of methoxy groups -OCH3 is 8. The maximum Gasteiger partial charge on any atom is 0.507 e. The highest BCUT2D eigenvalue weighted by atomic mass is 16.7. The minimum Gasteiger partial charge on any atom is -0.453 e. The van der Waals surface area contributed by atoms with Crippen LogP contribution in [0.3, 0.4) is 0 Å². The van der Waals surface area contributed by atoms with E-state index in [2.05, 4.69) is 54.3 Å². The number of alkyl carbamates (subject to hydrolysis) is 2. The highest BCUT2D eigenvalue weighted by Crippen LogP contribution is 1.78. The number of hydrogen-bond acceptors (Lipinski definition) is 20. The summed E-state index contributed by atoms with van der Waals surface area (Å²) in [6.45, 7) is 0. The van der Waals surface area contributed by atoms with Crippen molar-refractivity contribution in [1.29, 1.82) is 0 Å². The summed E-state index contributed by atoms with van der Waals surface area (Å²) in [6.07, 6.45) is -2.69. The number of nitrogens with zero attached hydrogens (tertiary/aromatic N) is 1. The normalized spacial score (nSPS) is 5.92. The molecule has 6 N–H and O–H groups in total. The van der Waals surface area contributed by atoms with Gasteiger partial charge in [-0.1, -0.05) is 14.9 Å². The first-order valence-corrected chi connectivity index (χ1v) is 10.7. The summed E-state index contributed by atoms with van der Waals surface area (Å²) < 4.78 is 32.6. The molecule has 0 spiro atoms. The molecule has 48 heavy (non-hydrogen) atoms. The van der Waals surface area contributed by atoms with E-state index >= 15 is 0 Å². The summed E-state index contributed by atoms with van der Waals surface area (Å²) in [6, 6.07) is 0. The Labute approximate surface area is 281 Å². The van der Waals surface area contributed by atoms with E-state index < -0.39 is 30.6 Å². The number of aliphatic hydroxyl groups is 2. The number of carbonyl (C=O) groups excluding carboxylic acids is 10. The Kier molecular flexibility index (Phi) is 147. The molecule has 0 saturated heterocycles. The predicted octanol–water partition coefficient (Wildman–Crippen LogP) is 0.0909. The molecular weight excluding hydrogens is 664 g/mol.